The molecule has 0 aliphatic rings. The molecule has 2 heterocycles. The molecule has 9 nitrogen and oxygen atoms in total. The number of nitrogen functional groups attached to an aromatic ring is 1. The second kappa shape index (κ2) is 7.93. The first-order chi connectivity index (χ1) is 13.3. The van der Waals surface area contributed by atoms with Crippen LogP contribution >= 0.6 is 0 Å². The zero-order chi connectivity index (χ0) is 20.4. The van der Waals surface area contributed by atoms with E-state index >= 15 is 0 Å². The van der Waals surface area contributed by atoms with Crippen molar-refractivity contribution in [3.8, 4) is 5.75 Å². The van der Waals surface area contributed by atoms with Crippen LogP contribution in [0.15, 0.2) is 12.1 Å². The number of fused-ring (bicyclic) bond motifs is 3. The Balaban J connectivity index is 1.82. The number of rotatable bonds is 7. The number of ether oxygens (including phenoxy) is 1. The third-order valence-corrected chi connectivity index (χ3v) is 4.87. The number of amides is 1. The van der Waals surface area contributed by atoms with Gasteiger partial charge in [-0.3, -0.25) is 4.79 Å². The number of carbonyl (C=O) groups is 1. The molecule has 0 saturated heterocycles. The van der Waals surface area contributed by atoms with Crippen molar-refractivity contribution < 1.29 is 13.9 Å². The van der Waals surface area contributed by atoms with Crippen LogP contribution in [0.2, 0.25) is 0 Å². The average Bonchev–Trinajstić information content (AvgIpc) is 3.12. The van der Waals surface area contributed by atoms with Crippen molar-refractivity contribution in [3.05, 3.63) is 23.8 Å². The second-order valence-corrected chi connectivity index (χ2v) is 6.69. The summed E-state index contributed by atoms with van der Waals surface area (Å²) < 4.78 is 20.5. The molecule has 0 aliphatic heterocycles. The monoisotopic (exact) mass is 389 g/mol. The van der Waals surface area contributed by atoms with E-state index in [0.29, 0.717) is 28.8 Å². The maximum atomic E-state index is 14.1. The molecule has 3 rings (SSSR count). The van der Waals surface area contributed by atoms with Crippen molar-refractivity contribution in [2.45, 2.75) is 32.2 Å². The lowest BCUT2D eigenvalue weighted by atomic mass is 10.1. The summed E-state index contributed by atoms with van der Waals surface area (Å²) in [6.07, 6.45) is 2.14. The van der Waals surface area contributed by atoms with Gasteiger partial charge in [0.1, 0.15) is 0 Å². The Morgan fingerprint density at radius 1 is 1.39 bits per heavy atom. The topological polar surface area (TPSA) is 125 Å². The molecule has 1 amide bonds. The molecule has 0 spiro atoms. The van der Waals surface area contributed by atoms with E-state index in [4.69, 9.17) is 16.2 Å². The summed E-state index contributed by atoms with van der Waals surface area (Å²) in [7, 11) is 3.13. The number of anilines is 1. The quantitative estimate of drug-likeness (QED) is 0.621. The molecule has 1 atom stereocenters. The van der Waals surface area contributed by atoms with E-state index in [1.807, 2.05) is 6.92 Å². The van der Waals surface area contributed by atoms with E-state index in [9.17, 15) is 9.18 Å². The molecular weight excluding hydrogens is 365 g/mol. The minimum atomic E-state index is -0.505. The number of aromatic nitrogens is 4. The number of nitrogens with two attached hydrogens (primary N) is 2. The summed E-state index contributed by atoms with van der Waals surface area (Å²) in [5, 5.41) is 4.90. The van der Waals surface area contributed by atoms with Crippen LogP contribution in [0, 0.1) is 5.82 Å². The van der Waals surface area contributed by atoms with Crippen molar-refractivity contribution in [2.75, 3.05) is 26.4 Å². The van der Waals surface area contributed by atoms with Crippen LogP contribution in [0.4, 0.5) is 10.3 Å². The fourth-order valence-electron chi connectivity index (χ4n) is 3.08. The van der Waals surface area contributed by atoms with E-state index in [-0.39, 0.29) is 30.2 Å². The summed E-state index contributed by atoms with van der Waals surface area (Å²) in [6.45, 7) is 1.96. The van der Waals surface area contributed by atoms with Gasteiger partial charge in [-0.1, -0.05) is 0 Å². The number of aryl methyl sites for hydroxylation is 1. The number of nitrogens with zero attached hydrogens (tertiary/aromatic N) is 5. The Labute approximate surface area is 161 Å². The van der Waals surface area contributed by atoms with Crippen LogP contribution in [-0.4, -0.2) is 57.1 Å². The van der Waals surface area contributed by atoms with Crippen molar-refractivity contribution in [2.24, 2.45) is 5.73 Å². The van der Waals surface area contributed by atoms with Crippen molar-refractivity contribution in [1.82, 2.24) is 24.5 Å². The van der Waals surface area contributed by atoms with Gasteiger partial charge in [-0.05, 0) is 25.8 Å². The Hall–Kier alpha value is -3.01. The van der Waals surface area contributed by atoms with Crippen LogP contribution in [0.3, 0.4) is 0 Å². The highest BCUT2D eigenvalue weighted by Gasteiger charge is 2.17. The van der Waals surface area contributed by atoms with Gasteiger partial charge in [-0.2, -0.15) is 4.52 Å². The Morgan fingerprint density at radius 2 is 2.14 bits per heavy atom. The summed E-state index contributed by atoms with van der Waals surface area (Å²) in [4.78, 5) is 22.1. The van der Waals surface area contributed by atoms with Crippen LogP contribution in [0.25, 0.3) is 16.6 Å². The van der Waals surface area contributed by atoms with Crippen molar-refractivity contribution in [3.63, 3.8) is 0 Å². The van der Waals surface area contributed by atoms with E-state index in [0.717, 1.165) is 12.8 Å². The lowest BCUT2D eigenvalue weighted by Crippen LogP contribution is -2.39. The molecule has 2 aromatic heterocycles. The molecule has 0 fully saturated rings. The highest BCUT2D eigenvalue weighted by Crippen LogP contribution is 2.27. The van der Waals surface area contributed by atoms with Crippen LogP contribution < -0.4 is 16.2 Å². The normalized spacial score (nSPS) is 12.5. The van der Waals surface area contributed by atoms with Gasteiger partial charge in [0, 0.05) is 31.0 Å². The molecule has 0 radical (unpaired) electrons. The molecule has 4 N–H and O–H groups in total. The van der Waals surface area contributed by atoms with Gasteiger partial charge in [-0.15, -0.1) is 5.10 Å². The molecular formula is C18H24FN7O2. The van der Waals surface area contributed by atoms with Crippen molar-refractivity contribution in [1.29, 1.82) is 0 Å². The molecule has 0 aliphatic carbocycles. The van der Waals surface area contributed by atoms with Gasteiger partial charge in [0.2, 0.25) is 11.9 Å². The molecule has 0 saturated carbocycles. The molecule has 0 unspecified atom stereocenters. The Kier molecular flexibility index (Phi) is 5.59. The average molecular weight is 389 g/mol. The zero-order valence-corrected chi connectivity index (χ0v) is 16.1. The first-order valence-corrected chi connectivity index (χ1v) is 8.99. The highest BCUT2D eigenvalue weighted by atomic mass is 19.1. The maximum Gasteiger partial charge on any atom is 0.236 e. The molecule has 150 valence electrons. The van der Waals surface area contributed by atoms with Crippen LogP contribution in [0.1, 0.15) is 25.6 Å². The predicted molar refractivity (Wildman–Crippen MR) is 103 cm³/mol. The van der Waals surface area contributed by atoms with E-state index < -0.39 is 5.82 Å². The molecule has 10 heteroatoms. The van der Waals surface area contributed by atoms with Gasteiger partial charge >= 0.3 is 0 Å². The lowest BCUT2D eigenvalue weighted by molar-refractivity contribution is -0.130. The van der Waals surface area contributed by atoms with Crippen LogP contribution in [-0.2, 0) is 11.2 Å². The summed E-state index contributed by atoms with van der Waals surface area (Å²) in [5.74, 6) is 0.234. The minimum Gasteiger partial charge on any atom is -0.494 e. The number of likely N-dealkylation sites (N-methyl/N-ethyl adjacent to an activating group) is 1. The first kappa shape index (κ1) is 19.7. The van der Waals surface area contributed by atoms with Gasteiger partial charge < -0.3 is 21.1 Å². The standard InChI is InChI=1S/C18H24FN7O2/c1-10(25(2)16(27)9-20)5-4-6-15-23-17-11-7-12(19)14(28-3)8-13(11)22-18(21)26(17)24-15/h7-8,10H,4-6,9,20H2,1-3H3,(H2,21,22)/t10-/m0/s1. The van der Waals surface area contributed by atoms with E-state index in [2.05, 4.69) is 15.1 Å². The molecule has 0 bridgehead atoms. The zero-order valence-electron chi connectivity index (χ0n) is 16.1. The molecule has 1 aromatic carbocycles. The maximum absolute atomic E-state index is 14.1. The van der Waals surface area contributed by atoms with Crippen molar-refractivity contribution >= 4 is 28.4 Å². The third-order valence-electron chi connectivity index (χ3n) is 4.87. The smallest absolute Gasteiger partial charge is 0.236 e. The van der Waals surface area contributed by atoms with E-state index in [1.54, 1.807) is 11.9 Å². The number of halogens is 1. The number of hydrogen-bond donors (Lipinski definition) is 2. The number of methoxy groups -OCH3 is 1. The SMILES string of the molecule is COc1cc2nc(N)n3nc(CCC[C@H](C)N(C)C(=O)CN)nc3c2cc1F. The highest BCUT2D eigenvalue weighted by molar-refractivity contribution is 5.93. The van der Waals surface area contributed by atoms with Crippen LogP contribution in [0.5, 0.6) is 5.75 Å². The first-order valence-electron chi connectivity index (χ1n) is 8.99. The minimum absolute atomic E-state index is 0.00444. The number of benzene rings is 1. The van der Waals surface area contributed by atoms with Gasteiger partial charge in [-0.25, -0.2) is 14.4 Å². The second-order valence-electron chi connectivity index (χ2n) is 6.69. The summed E-state index contributed by atoms with van der Waals surface area (Å²) in [6, 6.07) is 2.87. The third kappa shape index (κ3) is 3.68. The predicted octanol–water partition coefficient (Wildman–Crippen LogP) is 1.14. The van der Waals surface area contributed by atoms with Gasteiger partial charge in [0.15, 0.2) is 23.0 Å². The largest absolute Gasteiger partial charge is 0.494 e. The Bertz CT molecular complexity index is 1020. The summed E-state index contributed by atoms with van der Waals surface area (Å²) >= 11 is 0. The lowest BCUT2D eigenvalue weighted by Gasteiger charge is -2.24. The molecule has 3 aromatic rings. The summed E-state index contributed by atoms with van der Waals surface area (Å²) in [5.41, 5.74) is 12.3. The number of hydrogen-bond acceptors (Lipinski definition) is 7. The number of carbonyl (C=O) groups excluding carboxylic acids is 1. The van der Waals surface area contributed by atoms with Gasteiger partial charge in [0.25, 0.3) is 0 Å². The molecule has 28 heavy (non-hydrogen) atoms. The fraction of sp³-hybridized carbons (Fsp3) is 0.444. The fourth-order valence-corrected chi connectivity index (χ4v) is 3.08. The Morgan fingerprint density at radius 3 is 2.82 bits per heavy atom. The van der Waals surface area contributed by atoms with Gasteiger partial charge in [0.05, 0.1) is 19.2 Å². The van der Waals surface area contributed by atoms with E-state index in [1.165, 1.54) is 23.8 Å².